The molecule has 6 nitrogen and oxygen atoms in total. The zero-order valence-corrected chi connectivity index (χ0v) is 15.1. The Kier molecular flexibility index (Phi) is 3.90. The normalized spacial score (nSPS) is 12.8. The zero-order chi connectivity index (χ0) is 18.2. The van der Waals surface area contributed by atoms with E-state index in [2.05, 4.69) is 32.7 Å². The first-order valence-corrected chi connectivity index (χ1v) is 9.11. The summed E-state index contributed by atoms with van der Waals surface area (Å²) < 4.78 is 7.35. The van der Waals surface area contributed by atoms with Crippen LogP contribution in [0.15, 0.2) is 54.6 Å². The van der Waals surface area contributed by atoms with Crippen molar-refractivity contribution in [2.24, 2.45) is 0 Å². The van der Waals surface area contributed by atoms with E-state index in [-0.39, 0.29) is 0 Å². The molecule has 0 radical (unpaired) electrons. The Morgan fingerprint density at radius 2 is 2.04 bits per heavy atom. The smallest absolute Gasteiger partial charge is 0.178 e. The van der Waals surface area contributed by atoms with Crippen LogP contribution in [0.5, 0.6) is 5.75 Å². The highest BCUT2D eigenvalue weighted by atomic mass is 35.5. The number of anilines is 2. The van der Waals surface area contributed by atoms with Crippen LogP contribution in [-0.2, 0) is 12.8 Å². The van der Waals surface area contributed by atoms with E-state index in [0.717, 1.165) is 30.3 Å². The highest BCUT2D eigenvalue weighted by Crippen LogP contribution is 2.26. The quantitative estimate of drug-likeness (QED) is 0.581. The molecule has 0 fully saturated rings. The molecule has 1 aliphatic heterocycles. The minimum Gasteiger partial charge on any atom is -0.493 e. The summed E-state index contributed by atoms with van der Waals surface area (Å²) >= 11 is 6.05. The van der Waals surface area contributed by atoms with Crippen LogP contribution in [0.1, 0.15) is 17.0 Å². The van der Waals surface area contributed by atoms with Crippen molar-refractivity contribution in [2.75, 3.05) is 11.9 Å². The van der Waals surface area contributed by atoms with Gasteiger partial charge in [0.05, 0.1) is 6.61 Å². The highest BCUT2D eigenvalue weighted by Gasteiger charge is 2.14. The number of rotatable bonds is 4. The molecule has 0 spiro atoms. The number of hydrogen-bond donors (Lipinski definition) is 1. The van der Waals surface area contributed by atoms with Crippen molar-refractivity contribution >= 4 is 28.8 Å². The summed E-state index contributed by atoms with van der Waals surface area (Å²) in [5.41, 5.74) is 4.01. The van der Waals surface area contributed by atoms with Crippen molar-refractivity contribution in [2.45, 2.75) is 12.8 Å². The fourth-order valence-electron chi connectivity index (χ4n) is 3.26. The molecular weight excluding hydrogens is 362 g/mol. The van der Waals surface area contributed by atoms with E-state index in [1.165, 1.54) is 11.1 Å². The first-order valence-electron chi connectivity index (χ1n) is 8.73. The minimum absolute atomic E-state index is 0.655. The van der Waals surface area contributed by atoms with Gasteiger partial charge in [0.2, 0.25) is 0 Å². The SMILES string of the molecule is Clc1cccc(Nc2ccc3nnc(Cc4ccc5c(c4)CCO5)n3n2)c1. The summed E-state index contributed by atoms with van der Waals surface area (Å²) in [6.45, 7) is 0.757. The van der Waals surface area contributed by atoms with E-state index in [4.69, 9.17) is 16.3 Å². The van der Waals surface area contributed by atoms with Crippen LogP contribution >= 0.6 is 11.6 Å². The van der Waals surface area contributed by atoms with Crippen molar-refractivity contribution in [3.63, 3.8) is 0 Å². The lowest BCUT2D eigenvalue weighted by atomic mass is 10.1. The van der Waals surface area contributed by atoms with Gasteiger partial charge in [-0.1, -0.05) is 29.8 Å². The molecule has 0 atom stereocenters. The molecule has 0 unspecified atom stereocenters. The van der Waals surface area contributed by atoms with Crippen molar-refractivity contribution in [1.29, 1.82) is 0 Å². The fraction of sp³-hybridized carbons (Fsp3) is 0.150. The second-order valence-corrected chi connectivity index (χ2v) is 6.89. The first-order chi connectivity index (χ1) is 13.2. The van der Waals surface area contributed by atoms with Gasteiger partial charge in [-0.15, -0.1) is 15.3 Å². The van der Waals surface area contributed by atoms with E-state index in [1.807, 2.05) is 42.5 Å². The number of nitrogens with zero attached hydrogens (tertiary/aromatic N) is 4. The molecule has 3 heterocycles. The Balaban J connectivity index is 1.44. The summed E-state index contributed by atoms with van der Waals surface area (Å²) in [6, 6.07) is 17.6. The van der Waals surface area contributed by atoms with Crippen LogP contribution < -0.4 is 10.1 Å². The number of ether oxygens (including phenoxy) is 1. The Labute approximate surface area is 160 Å². The molecular formula is C20H16ClN5O. The standard InChI is InChI=1S/C20H16ClN5O/c21-15-2-1-3-16(12-15)22-18-6-7-19-23-24-20(26(19)25-18)11-13-4-5-17-14(10-13)8-9-27-17/h1-7,10,12H,8-9,11H2,(H,22,25). The Morgan fingerprint density at radius 3 is 2.96 bits per heavy atom. The summed E-state index contributed by atoms with van der Waals surface area (Å²) in [5, 5.41) is 17.1. The molecule has 0 amide bonds. The molecule has 27 heavy (non-hydrogen) atoms. The fourth-order valence-corrected chi connectivity index (χ4v) is 3.45. The zero-order valence-electron chi connectivity index (χ0n) is 14.4. The predicted octanol–water partition coefficient (Wildman–Crippen LogP) is 4.05. The number of hydrogen-bond acceptors (Lipinski definition) is 5. The average Bonchev–Trinajstić information content (AvgIpc) is 3.28. The van der Waals surface area contributed by atoms with Crippen LogP contribution in [0.25, 0.3) is 5.65 Å². The summed E-state index contributed by atoms with van der Waals surface area (Å²) in [5.74, 6) is 2.47. The van der Waals surface area contributed by atoms with Gasteiger partial charge in [-0.2, -0.15) is 4.52 Å². The lowest BCUT2D eigenvalue weighted by molar-refractivity contribution is 0.357. The number of nitrogens with one attached hydrogen (secondary N) is 1. The van der Waals surface area contributed by atoms with Gasteiger partial charge >= 0.3 is 0 Å². The van der Waals surface area contributed by atoms with Crippen molar-refractivity contribution < 1.29 is 4.74 Å². The van der Waals surface area contributed by atoms with Gasteiger partial charge in [-0.3, -0.25) is 0 Å². The van der Waals surface area contributed by atoms with E-state index in [9.17, 15) is 0 Å². The molecule has 134 valence electrons. The molecule has 1 N–H and O–H groups in total. The third kappa shape index (κ3) is 3.19. The number of halogens is 1. The second-order valence-electron chi connectivity index (χ2n) is 6.46. The molecule has 0 saturated heterocycles. The van der Waals surface area contributed by atoms with Crippen LogP contribution in [0, 0.1) is 0 Å². The molecule has 0 saturated carbocycles. The lowest BCUT2D eigenvalue weighted by Gasteiger charge is -2.07. The van der Waals surface area contributed by atoms with Crippen LogP contribution in [0.4, 0.5) is 11.5 Å². The van der Waals surface area contributed by atoms with Gasteiger partial charge in [0.15, 0.2) is 17.3 Å². The second kappa shape index (κ2) is 6.55. The molecule has 0 bridgehead atoms. The van der Waals surface area contributed by atoms with Gasteiger partial charge in [0.25, 0.3) is 0 Å². The van der Waals surface area contributed by atoms with Crippen LogP contribution in [-0.4, -0.2) is 26.4 Å². The molecule has 2 aromatic carbocycles. The third-order valence-corrected chi connectivity index (χ3v) is 4.78. The summed E-state index contributed by atoms with van der Waals surface area (Å²) in [4.78, 5) is 0. The van der Waals surface area contributed by atoms with Gasteiger partial charge in [0.1, 0.15) is 5.75 Å². The predicted molar refractivity (Wildman–Crippen MR) is 104 cm³/mol. The van der Waals surface area contributed by atoms with Gasteiger partial charge in [0, 0.05) is 23.6 Å². The average molecular weight is 378 g/mol. The van der Waals surface area contributed by atoms with Crippen molar-refractivity contribution in [3.8, 4) is 5.75 Å². The largest absolute Gasteiger partial charge is 0.493 e. The molecule has 2 aromatic heterocycles. The summed E-state index contributed by atoms with van der Waals surface area (Å²) in [7, 11) is 0. The topological polar surface area (TPSA) is 64.3 Å². The first kappa shape index (κ1) is 16.1. The summed E-state index contributed by atoms with van der Waals surface area (Å²) in [6.07, 6.45) is 1.61. The van der Waals surface area contributed by atoms with Gasteiger partial charge in [-0.25, -0.2) is 0 Å². The van der Waals surface area contributed by atoms with E-state index < -0.39 is 0 Å². The molecule has 5 rings (SSSR count). The van der Waals surface area contributed by atoms with E-state index in [0.29, 0.717) is 22.9 Å². The van der Waals surface area contributed by atoms with Gasteiger partial charge < -0.3 is 10.1 Å². The Morgan fingerprint density at radius 1 is 1.07 bits per heavy atom. The molecule has 7 heteroatoms. The maximum absolute atomic E-state index is 6.05. The Hall–Kier alpha value is -3.12. The highest BCUT2D eigenvalue weighted by molar-refractivity contribution is 6.30. The van der Waals surface area contributed by atoms with Crippen molar-refractivity contribution in [3.05, 3.63) is 76.6 Å². The van der Waals surface area contributed by atoms with Gasteiger partial charge in [-0.05, 0) is 47.5 Å². The van der Waals surface area contributed by atoms with Crippen LogP contribution in [0.3, 0.4) is 0 Å². The number of fused-ring (bicyclic) bond motifs is 2. The van der Waals surface area contributed by atoms with E-state index >= 15 is 0 Å². The lowest BCUT2D eigenvalue weighted by Crippen LogP contribution is -2.03. The van der Waals surface area contributed by atoms with E-state index in [1.54, 1.807) is 4.52 Å². The molecule has 0 aliphatic carbocycles. The minimum atomic E-state index is 0.655. The molecule has 4 aromatic rings. The Bertz CT molecular complexity index is 1140. The maximum Gasteiger partial charge on any atom is 0.178 e. The number of aromatic nitrogens is 4. The van der Waals surface area contributed by atoms with Crippen molar-refractivity contribution in [1.82, 2.24) is 19.8 Å². The third-order valence-electron chi connectivity index (χ3n) is 4.54. The van der Waals surface area contributed by atoms with Crippen LogP contribution in [0.2, 0.25) is 5.02 Å². The monoisotopic (exact) mass is 377 g/mol. The number of benzene rings is 2. The maximum atomic E-state index is 6.05. The molecule has 1 aliphatic rings.